The van der Waals surface area contributed by atoms with Gasteiger partial charge in [-0.15, -0.1) is 12.4 Å². The van der Waals surface area contributed by atoms with E-state index in [0.29, 0.717) is 5.92 Å². The van der Waals surface area contributed by atoms with Crippen LogP contribution in [0.25, 0.3) is 0 Å². The van der Waals surface area contributed by atoms with Crippen LogP contribution in [-0.4, -0.2) is 19.0 Å². The standard InChI is InChI=1S/C14H20N2O.ClH/c1-10(13-8-15-9-13)14(17)16-11(2)12-6-4-3-5-7-12;/h3-7,10-11,13,15H,8-9H2,1-2H3,(H,16,17);1H/t10?,11-;/m1./s1. The first-order valence-electron chi connectivity index (χ1n) is 6.24. The van der Waals surface area contributed by atoms with Gasteiger partial charge in [-0.2, -0.15) is 0 Å². The molecule has 1 aliphatic rings. The number of nitrogens with one attached hydrogen (secondary N) is 2. The Morgan fingerprint density at radius 1 is 1.28 bits per heavy atom. The number of halogens is 1. The van der Waals surface area contributed by atoms with E-state index >= 15 is 0 Å². The van der Waals surface area contributed by atoms with E-state index in [1.54, 1.807) is 0 Å². The highest BCUT2D eigenvalue weighted by Crippen LogP contribution is 2.18. The monoisotopic (exact) mass is 268 g/mol. The highest BCUT2D eigenvalue weighted by Gasteiger charge is 2.29. The lowest BCUT2D eigenvalue weighted by Crippen LogP contribution is -2.49. The third kappa shape index (κ3) is 3.47. The molecule has 3 nitrogen and oxygen atoms in total. The van der Waals surface area contributed by atoms with Crippen LogP contribution in [0.15, 0.2) is 30.3 Å². The van der Waals surface area contributed by atoms with Crippen molar-refractivity contribution in [1.29, 1.82) is 0 Å². The second kappa shape index (κ2) is 6.76. The molecule has 1 fully saturated rings. The van der Waals surface area contributed by atoms with Gasteiger partial charge >= 0.3 is 0 Å². The predicted octanol–water partition coefficient (Wildman–Crippen LogP) is 2.14. The Bertz CT molecular complexity index is 379. The summed E-state index contributed by atoms with van der Waals surface area (Å²) in [5.74, 6) is 0.758. The fourth-order valence-corrected chi connectivity index (χ4v) is 2.05. The van der Waals surface area contributed by atoms with E-state index in [0.717, 1.165) is 18.7 Å². The maximum absolute atomic E-state index is 12.0. The quantitative estimate of drug-likeness (QED) is 0.879. The second-order valence-corrected chi connectivity index (χ2v) is 4.85. The molecule has 2 rings (SSSR count). The third-order valence-electron chi connectivity index (χ3n) is 3.59. The Kier molecular flexibility index (Phi) is 5.63. The minimum atomic E-state index is 0. The lowest BCUT2D eigenvalue weighted by atomic mass is 9.88. The molecule has 1 aromatic carbocycles. The van der Waals surface area contributed by atoms with E-state index < -0.39 is 0 Å². The number of benzene rings is 1. The molecule has 18 heavy (non-hydrogen) atoms. The summed E-state index contributed by atoms with van der Waals surface area (Å²) in [7, 11) is 0. The van der Waals surface area contributed by atoms with Crippen molar-refractivity contribution >= 4 is 18.3 Å². The van der Waals surface area contributed by atoms with Crippen LogP contribution in [0.3, 0.4) is 0 Å². The van der Waals surface area contributed by atoms with Crippen LogP contribution in [-0.2, 0) is 4.79 Å². The van der Waals surface area contributed by atoms with Crippen LogP contribution in [0.4, 0.5) is 0 Å². The van der Waals surface area contributed by atoms with Crippen molar-refractivity contribution < 1.29 is 4.79 Å². The van der Waals surface area contributed by atoms with Crippen molar-refractivity contribution in [1.82, 2.24) is 10.6 Å². The van der Waals surface area contributed by atoms with Crippen molar-refractivity contribution in [3.63, 3.8) is 0 Å². The van der Waals surface area contributed by atoms with Crippen LogP contribution in [0.5, 0.6) is 0 Å². The van der Waals surface area contributed by atoms with Crippen molar-refractivity contribution in [3.8, 4) is 0 Å². The van der Waals surface area contributed by atoms with Gasteiger partial charge in [0.2, 0.25) is 5.91 Å². The van der Waals surface area contributed by atoms with Crippen LogP contribution < -0.4 is 10.6 Å². The predicted molar refractivity (Wildman–Crippen MR) is 75.8 cm³/mol. The van der Waals surface area contributed by atoms with Crippen LogP contribution in [0, 0.1) is 11.8 Å². The van der Waals surface area contributed by atoms with Crippen molar-refractivity contribution in [2.24, 2.45) is 11.8 Å². The van der Waals surface area contributed by atoms with Gasteiger partial charge in [-0.05, 0) is 31.5 Å². The topological polar surface area (TPSA) is 41.1 Å². The molecule has 0 radical (unpaired) electrons. The summed E-state index contributed by atoms with van der Waals surface area (Å²) in [5, 5.41) is 6.28. The van der Waals surface area contributed by atoms with Gasteiger partial charge in [0.15, 0.2) is 0 Å². The molecule has 4 heteroatoms. The minimum absolute atomic E-state index is 0. The number of carbonyl (C=O) groups is 1. The fourth-order valence-electron chi connectivity index (χ4n) is 2.05. The van der Waals surface area contributed by atoms with Gasteiger partial charge in [0.05, 0.1) is 6.04 Å². The molecule has 0 aliphatic carbocycles. The number of hydrogen-bond donors (Lipinski definition) is 2. The van der Waals surface area contributed by atoms with Gasteiger partial charge in [-0.3, -0.25) is 4.79 Å². The van der Waals surface area contributed by atoms with E-state index in [2.05, 4.69) is 10.6 Å². The first-order chi connectivity index (χ1) is 8.18. The smallest absolute Gasteiger partial charge is 0.223 e. The highest BCUT2D eigenvalue weighted by atomic mass is 35.5. The van der Waals surface area contributed by atoms with E-state index in [1.807, 2.05) is 44.2 Å². The molecule has 1 amide bonds. The number of rotatable bonds is 4. The van der Waals surface area contributed by atoms with E-state index in [1.165, 1.54) is 0 Å². The molecule has 0 aromatic heterocycles. The van der Waals surface area contributed by atoms with Crippen LogP contribution >= 0.6 is 12.4 Å². The first kappa shape index (κ1) is 15.0. The number of hydrogen-bond acceptors (Lipinski definition) is 2. The molecule has 1 aromatic rings. The van der Waals surface area contributed by atoms with Crippen molar-refractivity contribution in [2.75, 3.05) is 13.1 Å². The zero-order valence-corrected chi connectivity index (χ0v) is 11.7. The molecule has 1 unspecified atom stereocenters. The Morgan fingerprint density at radius 3 is 2.39 bits per heavy atom. The lowest BCUT2D eigenvalue weighted by Gasteiger charge is -2.32. The SMILES string of the molecule is CC(C(=O)N[C@H](C)c1ccccc1)C1CNC1.Cl. The number of carbonyl (C=O) groups excluding carboxylic acids is 1. The van der Waals surface area contributed by atoms with Gasteiger partial charge in [-0.1, -0.05) is 37.3 Å². The Labute approximate surface area is 115 Å². The maximum Gasteiger partial charge on any atom is 0.223 e. The highest BCUT2D eigenvalue weighted by molar-refractivity contribution is 5.85. The van der Waals surface area contributed by atoms with Crippen LogP contribution in [0.1, 0.15) is 25.5 Å². The summed E-state index contributed by atoms with van der Waals surface area (Å²) in [6.07, 6.45) is 0. The molecular formula is C14H21ClN2O. The average molecular weight is 269 g/mol. The summed E-state index contributed by atoms with van der Waals surface area (Å²) in [6.45, 7) is 5.97. The van der Waals surface area contributed by atoms with E-state index in [-0.39, 0.29) is 30.3 Å². The largest absolute Gasteiger partial charge is 0.349 e. The molecule has 1 aliphatic heterocycles. The molecule has 1 saturated heterocycles. The summed E-state index contributed by atoms with van der Waals surface area (Å²) in [4.78, 5) is 12.0. The summed E-state index contributed by atoms with van der Waals surface area (Å²) < 4.78 is 0. The first-order valence-corrected chi connectivity index (χ1v) is 6.24. The normalized spacial score (nSPS) is 18.1. The third-order valence-corrected chi connectivity index (χ3v) is 3.59. The Morgan fingerprint density at radius 2 is 1.89 bits per heavy atom. The molecule has 2 atom stereocenters. The van der Waals surface area contributed by atoms with Crippen LogP contribution in [0.2, 0.25) is 0 Å². The van der Waals surface area contributed by atoms with E-state index in [4.69, 9.17) is 0 Å². The zero-order chi connectivity index (χ0) is 12.3. The molecule has 1 heterocycles. The molecule has 0 saturated carbocycles. The van der Waals surface area contributed by atoms with Gasteiger partial charge in [0, 0.05) is 5.92 Å². The fraction of sp³-hybridized carbons (Fsp3) is 0.500. The van der Waals surface area contributed by atoms with Crippen molar-refractivity contribution in [3.05, 3.63) is 35.9 Å². The Hall–Kier alpha value is -1.06. The number of amides is 1. The zero-order valence-electron chi connectivity index (χ0n) is 10.8. The molecular weight excluding hydrogens is 248 g/mol. The molecule has 0 bridgehead atoms. The summed E-state index contributed by atoms with van der Waals surface area (Å²) in [6, 6.07) is 10.1. The van der Waals surface area contributed by atoms with E-state index in [9.17, 15) is 4.79 Å². The van der Waals surface area contributed by atoms with Gasteiger partial charge in [0.1, 0.15) is 0 Å². The second-order valence-electron chi connectivity index (χ2n) is 4.85. The molecule has 2 N–H and O–H groups in total. The van der Waals surface area contributed by atoms with Crippen molar-refractivity contribution in [2.45, 2.75) is 19.9 Å². The maximum atomic E-state index is 12.0. The summed E-state index contributed by atoms with van der Waals surface area (Å²) in [5.41, 5.74) is 1.15. The van der Waals surface area contributed by atoms with Gasteiger partial charge < -0.3 is 10.6 Å². The van der Waals surface area contributed by atoms with Gasteiger partial charge in [0.25, 0.3) is 0 Å². The Balaban J connectivity index is 0.00000162. The van der Waals surface area contributed by atoms with Gasteiger partial charge in [-0.25, -0.2) is 0 Å². The average Bonchev–Trinajstić information content (AvgIpc) is 2.27. The lowest BCUT2D eigenvalue weighted by molar-refractivity contribution is -0.127. The summed E-state index contributed by atoms with van der Waals surface area (Å²) >= 11 is 0. The minimum Gasteiger partial charge on any atom is -0.349 e. The molecule has 100 valence electrons. The molecule has 0 spiro atoms.